The van der Waals surface area contributed by atoms with E-state index in [1.807, 2.05) is 24.5 Å². The summed E-state index contributed by atoms with van der Waals surface area (Å²) in [5, 5.41) is 2.28. The number of anilines is 4. The number of fused-ring (bicyclic) bond motifs is 4. The molecule has 0 atom stereocenters. The molecule has 3 aromatic heterocycles. The summed E-state index contributed by atoms with van der Waals surface area (Å²) >= 11 is 0. The first-order valence-electron chi connectivity index (χ1n) is 19.7. The Morgan fingerprint density at radius 3 is 1.97 bits per heavy atom. The van der Waals surface area contributed by atoms with Crippen molar-refractivity contribution in [2.24, 2.45) is 0 Å². The van der Waals surface area contributed by atoms with E-state index in [4.69, 9.17) is 9.97 Å². The average Bonchev–Trinajstić information content (AvgIpc) is 3.82. The number of pyridine rings is 2. The fourth-order valence-electron chi connectivity index (χ4n) is 8.07. The van der Waals surface area contributed by atoms with E-state index in [0.717, 1.165) is 83.9 Å². The van der Waals surface area contributed by atoms with Crippen molar-refractivity contribution in [2.45, 2.75) is 26.2 Å². The Balaban J connectivity index is 0.00000449. The van der Waals surface area contributed by atoms with Crippen molar-refractivity contribution in [1.82, 2.24) is 14.5 Å². The molecule has 0 amide bonds. The number of nitrogens with zero attached hydrogens (tertiary/aromatic N) is 5. The molecule has 4 heterocycles. The predicted octanol–water partition coefficient (Wildman–Crippen LogP) is 12.9. The number of para-hydroxylation sites is 2. The van der Waals surface area contributed by atoms with Gasteiger partial charge in [-0.1, -0.05) is 129 Å². The second kappa shape index (κ2) is 15.7. The van der Waals surface area contributed by atoms with Crippen molar-refractivity contribution in [3.63, 3.8) is 0 Å². The molecule has 0 saturated heterocycles. The van der Waals surface area contributed by atoms with Crippen LogP contribution in [0.1, 0.15) is 48.6 Å². The molecule has 0 unspecified atom stereocenters. The van der Waals surface area contributed by atoms with Gasteiger partial charge in [0.1, 0.15) is 11.6 Å². The molecule has 0 fully saturated rings. The van der Waals surface area contributed by atoms with Crippen LogP contribution in [0.15, 0.2) is 182 Å². The SMILES string of the molecule is CC(C)(C)c1ccnc(-n2c3[c-]c(C(=C(c4ccccc4)c4ccccc4)c4[c-]c(N5[CH-]N(c6ccccc6)c6cccnc65)ccc4)ccc3c3ccccc32)c1.[Pt]. The molecule has 0 N–H and O–H groups in total. The summed E-state index contributed by atoms with van der Waals surface area (Å²) in [7, 11) is 0. The van der Waals surface area contributed by atoms with Crippen molar-refractivity contribution in [2.75, 3.05) is 9.80 Å². The van der Waals surface area contributed by atoms with Crippen LogP contribution in [0.4, 0.5) is 22.9 Å². The van der Waals surface area contributed by atoms with Crippen LogP contribution >= 0.6 is 0 Å². The van der Waals surface area contributed by atoms with Crippen LogP contribution in [0.5, 0.6) is 0 Å². The van der Waals surface area contributed by atoms with Gasteiger partial charge in [-0.05, 0) is 81.0 Å². The van der Waals surface area contributed by atoms with E-state index in [9.17, 15) is 0 Å². The van der Waals surface area contributed by atoms with Gasteiger partial charge in [-0.3, -0.25) is 0 Å². The quantitative estimate of drug-likeness (QED) is 0.118. The van der Waals surface area contributed by atoms with Crippen molar-refractivity contribution in [1.29, 1.82) is 0 Å². The second-order valence-electron chi connectivity index (χ2n) is 15.6. The van der Waals surface area contributed by atoms with Crippen LogP contribution < -0.4 is 9.80 Å². The molecule has 59 heavy (non-hydrogen) atoms. The fourth-order valence-corrected chi connectivity index (χ4v) is 8.07. The molecule has 10 rings (SSSR count). The topological polar surface area (TPSA) is 37.2 Å². The zero-order valence-electron chi connectivity index (χ0n) is 33.0. The van der Waals surface area contributed by atoms with E-state index in [1.54, 1.807) is 0 Å². The smallest absolute Gasteiger partial charge is 0.136 e. The van der Waals surface area contributed by atoms with Crippen LogP contribution in [-0.2, 0) is 26.5 Å². The van der Waals surface area contributed by atoms with Crippen LogP contribution in [-0.4, -0.2) is 14.5 Å². The van der Waals surface area contributed by atoms with Crippen molar-refractivity contribution >= 4 is 55.8 Å². The maximum Gasteiger partial charge on any atom is 0.136 e. The summed E-state index contributed by atoms with van der Waals surface area (Å²) in [6, 6.07) is 67.5. The average molecular weight is 942 g/mol. The number of rotatable bonds is 7. The first-order chi connectivity index (χ1) is 28.4. The largest absolute Gasteiger partial charge is 0.473 e. The predicted molar refractivity (Wildman–Crippen MR) is 239 cm³/mol. The van der Waals surface area contributed by atoms with Crippen molar-refractivity contribution in [3.05, 3.63) is 229 Å². The standard InChI is InChI=1S/C53H40N5.Pt/c1-53(2,3)41-30-32-54-49(35-41)58-46-26-14-13-25-44(46)45-29-28-40(34-48(45)58)51(50(37-17-7-4-8-18-37)38-19-9-5-10-20-38)39-21-15-24-43(33-39)57-36-56(42-22-11-6-12-23-42)47-27-16-31-55-52(47)57;/h4-32,35-36H,1-3H3;/q-3;. The van der Waals surface area contributed by atoms with Crippen LogP contribution in [0, 0.1) is 18.8 Å². The Bertz CT molecular complexity index is 2930. The third kappa shape index (κ3) is 6.96. The third-order valence-corrected chi connectivity index (χ3v) is 10.9. The fraction of sp³-hybridized carbons (Fsp3) is 0.0755. The van der Waals surface area contributed by atoms with Gasteiger partial charge in [-0.15, -0.1) is 65.8 Å². The summed E-state index contributed by atoms with van der Waals surface area (Å²) in [5.41, 5.74) is 12.4. The monoisotopic (exact) mass is 941 g/mol. The van der Waals surface area contributed by atoms with Gasteiger partial charge < -0.3 is 14.4 Å². The van der Waals surface area contributed by atoms with Gasteiger partial charge in [0.15, 0.2) is 0 Å². The molecule has 290 valence electrons. The minimum absolute atomic E-state index is 0. The maximum atomic E-state index is 4.97. The molecule has 1 aliphatic rings. The Hall–Kier alpha value is -6.55. The zero-order chi connectivity index (χ0) is 39.2. The molecule has 0 saturated carbocycles. The van der Waals surface area contributed by atoms with Crippen LogP contribution in [0.3, 0.4) is 0 Å². The molecule has 0 bridgehead atoms. The molecule has 6 heteroatoms. The van der Waals surface area contributed by atoms with E-state index in [2.05, 4.69) is 212 Å². The normalized spacial score (nSPS) is 12.4. The zero-order valence-corrected chi connectivity index (χ0v) is 35.2. The molecule has 0 radical (unpaired) electrons. The Morgan fingerprint density at radius 1 is 0.559 bits per heavy atom. The van der Waals surface area contributed by atoms with Gasteiger partial charge >= 0.3 is 0 Å². The molecule has 0 spiro atoms. The molecule has 9 aromatic rings. The van der Waals surface area contributed by atoms with Crippen molar-refractivity contribution in [3.8, 4) is 5.82 Å². The van der Waals surface area contributed by atoms with E-state index in [-0.39, 0.29) is 26.5 Å². The Morgan fingerprint density at radius 2 is 1.24 bits per heavy atom. The summed E-state index contributed by atoms with van der Waals surface area (Å²) in [4.78, 5) is 14.2. The van der Waals surface area contributed by atoms with Gasteiger partial charge in [0, 0.05) is 44.7 Å². The van der Waals surface area contributed by atoms with E-state index >= 15 is 0 Å². The minimum atomic E-state index is -0.0384. The van der Waals surface area contributed by atoms with Gasteiger partial charge in [-0.2, -0.15) is 0 Å². The molecular formula is C53H40N5Pt-3. The van der Waals surface area contributed by atoms with Gasteiger partial charge in [0.2, 0.25) is 0 Å². The summed E-state index contributed by atoms with van der Waals surface area (Å²) in [6.07, 6.45) is 3.78. The third-order valence-electron chi connectivity index (χ3n) is 10.9. The van der Waals surface area contributed by atoms with Gasteiger partial charge in [0.25, 0.3) is 0 Å². The van der Waals surface area contributed by atoms with E-state index in [0.29, 0.717) is 0 Å². The minimum Gasteiger partial charge on any atom is -0.473 e. The number of aromatic nitrogens is 3. The maximum absolute atomic E-state index is 4.97. The molecule has 5 nitrogen and oxygen atoms in total. The van der Waals surface area contributed by atoms with E-state index < -0.39 is 0 Å². The van der Waals surface area contributed by atoms with Gasteiger partial charge in [-0.25, -0.2) is 9.97 Å². The Labute approximate surface area is 360 Å². The molecule has 0 aliphatic carbocycles. The van der Waals surface area contributed by atoms with Crippen LogP contribution in [0.25, 0.3) is 38.8 Å². The van der Waals surface area contributed by atoms with Gasteiger partial charge in [0.05, 0.1) is 5.69 Å². The summed E-state index contributed by atoms with van der Waals surface area (Å²) in [5.74, 6) is 1.72. The molecule has 1 aliphatic heterocycles. The number of benzene rings is 6. The van der Waals surface area contributed by atoms with Crippen molar-refractivity contribution < 1.29 is 21.1 Å². The van der Waals surface area contributed by atoms with Crippen LogP contribution in [0.2, 0.25) is 0 Å². The Kier molecular flexibility index (Phi) is 10.1. The number of hydrogen-bond acceptors (Lipinski definition) is 4. The molecule has 6 aromatic carbocycles. The summed E-state index contributed by atoms with van der Waals surface area (Å²) < 4.78 is 2.27. The second-order valence-corrected chi connectivity index (χ2v) is 15.6. The first-order valence-corrected chi connectivity index (χ1v) is 19.7. The molecular weight excluding hydrogens is 902 g/mol. The first kappa shape index (κ1) is 38.0. The summed E-state index contributed by atoms with van der Waals surface area (Å²) in [6.45, 7) is 8.84. The number of hydrogen-bond donors (Lipinski definition) is 0. The van der Waals surface area contributed by atoms with E-state index in [1.165, 1.54) is 5.56 Å².